The first kappa shape index (κ1) is 19.0. The highest BCUT2D eigenvalue weighted by Gasteiger charge is 2.58. The lowest BCUT2D eigenvalue weighted by Crippen LogP contribution is -2.58. The molecule has 0 N–H and O–H groups in total. The van der Waals surface area contributed by atoms with Crippen LogP contribution in [0.25, 0.3) is 0 Å². The zero-order chi connectivity index (χ0) is 19.9. The van der Waals surface area contributed by atoms with Crippen molar-refractivity contribution < 1.29 is 14.4 Å². The van der Waals surface area contributed by atoms with Gasteiger partial charge in [0, 0.05) is 38.6 Å². The number of rotatable bonds is 6. The van der Waals surface area contributed by atoms with Crippen molar-refractivity contribution in [1.82, 2.24) is 24.3 Å². The number of aromatic nitrogens is 2. The highest BCUT2D eigenvalue weighted by Crippen LogP contribution is 2.40. The fraction of sp³-hybridized carbons (Fsp3) is 0.700. The Balaban J connectivity index is 1.48. The van der Waals surface area contributed by atoms with Crippen LogP contribution in [-0.2, 0) is 16.1 Å². The van der Waals surface area contributed by atoms with Gasteiger partial charge in [0.1, 0.15) is 12.1 Å². The van der Waals surface area contributed by atoms with E-state index in [-0.39, 0.29) is 30.3 Å². The maximum atomic E-state index is 13.3. The van der Waals surface area contributed by atoms with E-state index in [4.69, 9.17) is 0 Å². The van der Waals surface area contributed by atoms with Crippen LogP contribution < -0.4 is 0 Å². The van der Waals surface area contributed by atoms with Crippen molar-refractivity contribution in [1.29, 1.82) is 0 Å². The number of urea groups is 1. The van der Waals surface area contributed by atoms with Gasteiger partial charge in [-0.25, -0.2) is 9.78 Å². The van der Waals surface area contributed by atoms with Crippen LogP contribution >= 0.6 is 0 Å². The number of likely N-dealkylation sites (tertiary alicyclic amines) is 1. The quantitative estimate of drug-likeness (QED) is 0.694. The summed E-state index contributed by atoms with van der Waals surface area (Å²) >= 11 is 0. The minimum absolute atomic E-state index is 0.0230. The number of amides is 4. The van der Waals surface area contributed by atoms with Gasteiger partial charge in [-0.15, -0.1) is 0 Å². The van der Waals surface area contributed by atoms with E-state index in [0.717, 1.165) is 12.8 Å². The smallest absolute Gasteiger partial charge is 0.327 e. The lowest BCUT2D eigenvalue weighted by atomic mass is 9.85. The molecule has 0 radical (unpaired) electrons. The van der Waals surface area contributed by atoms with Gasteiger partial charge in [0.15, 0.2) is 0 Å². The van der Waals surface area contributed by atoms with Crippen molar-refractivity contribution in [3.63, 3.8) is 0 Å². The summed E-state index contributed by atoms with van der Waals surface area (Å²) in [6.45, 7) is 6.52. The third-order valence-corrected chi connectivity index (χ3v) is 6.13. The maximum Gasteiger partial charge on any atom is 0.327 e. The monoisotopic (exact) mass is 387 g/mol. The second kappa shape index (κ2) is 7.22. The van der Waals surface area contributed by atoms with Crippen LogP contribution in [0.3, 0.4) is 0 Å². The third kappa shape index (κ3) is 3.40. The Morgan fingerprint density at radius 1 is 1.25 bits per heavy atom. The maximum absolute atomic E-state index is 13.3. The van der Waals surface area contributed by atoms with Crippen molar-refractivity contribution in [3.8, 4) is 0 Å². The van der Waals surface area contributed by atoms with Crippen molar-refractivity contribution in [3.05, 3.63) is 18.7 Å². The molecule has 4 amide bonds. The summed E-state index contributed by atoms with van der Waals surface area (Å²) in [6, 6.07) is -0.135. The fourth-order valence-corrected chi connectivity index (χ4v) is 4.37. The molecule has 0 aromatic carbocycles. The molecule has 8 nitrogen and oxygen atoms in total. The number of imidazole rings is 1. The Morgan fingerprint density at radius 3 is 2.54 bits per heavy atom. The molecule has 3 heterocycles. The van der Waals surface area contributed by atoms with Crippen LogP contribution in [0.5, 0.6) is 0 Å². The number of carbonyl (C=O) groups is 3. The van der Waals surface area contributed by atoms with Gasteiger partial charge in [-0.05, 0) is 37.5 Å². The topological polar surface area (TPSA) is 78.8 Å². The predicted molar refractivity (Wildman–Crippen MR) is 102 cm³/mol. The summed E-state index contributed by atoms with van der Waals surface area (Å²) in [5.74, 6) is 0.734. The average molecular weight is 387 g/mol. The first-order valence-electron chi connectivity index (χ1n) is 10.3. The zero-order valence-electron chi connectivity index (χ0n) is 16.7. The molecule has 3 fully saturated rings. The second-order valence-corrected chi connectivity index (χ2v) is 8.79. The van der Waals surface area contributed by atoms with Gasteiger partial charge in [0.25, 0.3) is 5.91 Å². The van der Waals surface area contributed by atoms with E-state index in [9.17, 15) is 14.4 Å². The third-order valence-electron chi connectivity index (χ3n) is 6.13. The van der Waals surface area contributed by atoms with E-state index < -0.39 is 5.54 Å². The zero-order valence-corrected chi connectivity index (χ0v) is 16.7. The SMILES string of the molecule is CC(C)CN1C(=O)N(CC2CC2)C(=O)C12CCN(C(=O)Cn1ccnc1)CC2. The molecular formula is C20H29N5O3. The second-order valence-electron chi connectivity index (χ2n) is 8.79. The minimum Gasteiger partial charge on any atom is -0.341 e. The van der Waals surface area contributed by atoms with Gasteiger partial charge < -0.3 is 14.4 Å². The van der Waals surface area contributed by atoms with Gasteiger partial charge in [-0.2, -0.15) is 0 Å². The first-order chi connectivity index (χ1) is 13.4. The molecule has 4 rings (SSSR count). The lowest BCUT2D eigenvalue weighted by molar-refractivity contribution is -0.141. The number of carbonyl (C=O) groups excluding carboxylic acids is 3. The van der Waals surface area contributed by atoms with Crippen molar-refractivity contribution in [2.45, 2.75) is 51.6 Å². The fourth-order valence-electron chi connectivity index (χ4n) is 4.37. The van der Waals surface area contributed by atoms with Crippen LogP contribution in [0.4, 0.5) is 4.79 Å². The average Bonchev–Trinajstić information content (AvgIpc) is 3.32. The Labute approximate surface area is 165 Å². The van der Waals surface area contributed by atoms with Crippen molar-refractivity contribution >= 4 is 17.8 Å². The summed E-state index contributed by atoms with van der Waals surface area (Å²) in [5, 5.41) is 0. The van der Waals surface area contributed by atoms with Gasteiger partial charge >= 0.3 is 6.03 Å². The molecule has 1 aliphatic carbocycles. The number of nitrogens with zero attached hydrogens (tertiary/aromatic N) is 5. The van der Waals surface area contributed by atoms with E-state index in [1.807, 2.05) is 0 Å². The van der Waals surface area contributed by atoms with E-state index >= 15 is 0 Å². The number of piperidine rings is 1. The Morgan fingerprint density at radius 2 is 1.96 bits per heavy atom. The Kier molecular flexibility index (Phi) is 4.89. The summed E-state index contributed by atoms with van der Waals surface area (Å²) < 4.78 is 1.75. The molecule has 2 aliphatic heterocycles. The van der Waals surface area contributed by atoms with Gasteiger partial charge in [-0.3, -0.25) is 14.5 Å². The molecule has 3 aliphatic rings. The van der Waals surface area contributed by atoms with Gasteiger partial charge in [0.2, 0.25) is 5.91 Å². The Bertz CT molecular complexity index is 748. The normalized spacial score (nSPS) is 22.0. The van der Waals surface area contributed by atoms with Crippen LogP contribution in [0.1, 0.15) is 39.5 Å². The molecule has 2 saturated heterocycles. The van der Waals surface area contributed by atoms with E-state index in [0.29, 0.717) is 44.9 Å². The summed E-state index contributed by atoms with van der Waals surface area (Å²) in [4.78, 5) is 48.0. The highest BCUT2D eigenvalue weighted by molar-refractivity contribution is 6.07. The molecule has 152 valence electrons. The van der Waals surface area contributed by atoms with Crippen LogP contribution in [0.15, 0.2) is 18.7 Å². The highest BCUT2D eigenvalue weighted by atomic mass is 16.2. The largest absolute Gasteiger partial charge is 0.341 e. The number of imide groups is 1. The molecule has 28 heavy (non-hydrogen) atoms. The molecule has 1 spiro atoms. The van der Waals surface area contributed by atoms with E-state index in [2.05, 4.69) is 18.8 Å². The van der Waals surface area contributed by atoms with Crippen LogP contribution in [-0.4, -0.2) is 73.8 Å². The molecule has 0 atom stereocenters. The summed E-state index contributed by atoms with van der Waals surface area (Å²) in [6.07, 6.45) is 8.28. The van der Waals surface area contributed by atoms with E-state index in [1.165, 1.54) is 4.90 Å². The van der Waals surface area contributed by atoms with Crippen molar-refractivity contribution in [2.24, 2.45) is 11.8 Å². The van der Waals surface area contributed by atoms with Crippen LogP contribution in [0.2, 0.25) is 0 Å². The van der Waals surface area contributed by atoms with Crippen LogP contribution in [0, 0.1) is 11.8 Å². The molecule has 1 aromatic heterocycles. The molecular weight excluding hydrogens is 358 g/mol. The van der Waals surface area contributed by atoms with E-state index in [1.54, 1.807) is 33.1 Å². The van der Waals surface area contributed by atoms with Crippen molar-refractivity contribution in [2.75, 3.05) is 26.2 Å². The Hall–Kier alpha value is -2.38. The number of hydrogen-bond donors (Lipinski definition) is 0. The predicted octanol–water partition coefficient (Wildman–Crippen LogP) is 1.57. The molecule has 0 bridgehead atoms. The van der Waals surface area contributed by atoms with Gasteiger partial charge in [0.05, 0.1) is 6.33 Å². The minimum atomic E-state index is -0.776. The number of hydrogen-bond acceptors (Lipinski definition) is 4. The lowest BCUT2D eigenvalue weighted by Gasteiger charge is -2.42. The molecule has 8 heteroatoms. The molecule has 1 aromatic rings. The summed E-state index contributed by atoms with van der Waals surface area (Å²) in [7, 11) is 0. The summed E-state index contributed by atoms with van der Waals surface area (Å²) in [5.41, 5.74) is -0.776. The standard InChI is InChI=1S/C20H29N5O3/c1-15(2)11-25-19(28)24(12-16-3-4-16)18(27)20(25)5-8-23(9-6-20)17(26)13-22-10-7-21-14-22/h7,10,14-16H,3-6,8-9,11-13H2,1-2H3. The van der Waals surface area contributed by atoms with Gasteiger partial charge in [-0.1, -0.05) is 13.8 Å². The molecule has 1 saturated carbocycles. The molecule has 0 unspecified atom stereocenters. The first-order valence-corrected chi connectivity index (χ1v) is 10.3.